The highest BCUT2D eigenvalue weighted by Crippen LogP contribution is 2.26. The number of carboxylic acid groups (broad SMARTS) is 1. The number of imide groups is 1. The Bertz CT molecular complexity index is 946. The average molecular weight is 412 g/mol. The lowest BCUT2D eigenvalue weighted by molar-refractivity contribution is -0.143. The van der Waals surface area contributed by atoms with E-state index < -0.39 is 35.5 Å². The number of hydrogen-bond donors (Lipinski definition) is 1. The van der Waals surface area contributed by atoms with E-state index in [0.717, 1.165) is 22.6 Å². The van der Waals surface area contributed by atoms with Crippen LogP contribution in [0.15, 0.2) is 54.6 Å². The standard InChI is InChI=1S/C22H21FN2O5/c23-16-6-8-17(9-7-16)25-20(27)14-18(22(25)30)24(19(26)10-11-21(28)29)13-12-15-4-2-1-3-5-15/h1-9,18H,10-14H2,(H,28,29)/t18-/m0/s1. The lowest BCUT2D eigenvalue weighted by Crippen LogP contribution is -2.46. The van der Waals surface area contributed by atoms with Gasteiger partial charge in [-0.15, -0.1) is 0 Å². The second-order valence-corrected chi connectivity index (χ2v) is 6.98. The van der Waals surface area contributed by atoms with Gasteiger partial charge >= 0.3 is 5.97 Å². The van der Waals surface area contributed by atoms with Gasteiger partial charge in [-0.1, -0.05) is 30.3 Å². The molecule has 0 radical (unpaired) electrons. The number of halogens is 1. The van der Waals surface area contributed by atoms with Crippen molar-refractivity contribution in [1.82, 2.24) is 4.90 Å². The number of amides is 3. The van der Waals surface area contributed by atoms with Gasteiger partial charge in [-0.3, -0.25) is 19.2 Å². The molecule has 0 bridgehead atoms. The number of benzene rings is 2. The maximum absolute atomic E-state index is 13.2. The van der Waals surface area contributed by atoms with Crippen molar-refractivity contribution in [2.75, 3.05) is 11.4 Å². The molecule has 3 amide bonds. The minimum Gasteiger partial charge on any atom is -0.481 e. The first-order valence-corrected chi connectivity index (χ1v) is 9.54. The van der Waals surface area contributed by atoms with E-state index in [0.29, 0.717) is 6.42 Å². The van der Waals surface area contributed by atoms with Crippen LogP contribution in [0.4, 0.5) is 10.1 Å². The molecule has 0 aromatic heterocycles. The normalized spacial score (nSPS) is 16.0. The van der Waals surface area contributed by atoms with Gasteiger partial charge in [0.2, 0.25) is 11.8 Å². The van der Waals surface area contributed by atoms with Crippen LogP contribution in [0, 0.1) is 5.82 Å². The molecule has 0 saturated carbocycles. The molecular weight excluding hydrogens is 391 g/mol. The summed E-state index contributed by atoms with van der Waals surface area (Å²) in [6, 6.07) is 13.3. The maximum atomic E-state index is 13.2. The van der Waals surface area contributed by atoms with Crippen LogP contribution in [0.1, 0.15) is 24.8 Å². The Kier molecular flexibility index (Phi) is 6.56. The fraction of sp³-hybridized carbons (Fsp3) is 0.273. The van der Waals surface area contributed by atoms with Crippen molar-refractivity contribution in [3.05, 3.63) is 66.0 Å². The summed E-state index contributed by atoms with van der Waals surface area (Å²) in [4.78, 5) is 51.4. The van der Waals surface area contributed by atoms with Crippen molar-refractivity contribution in [3.8, 4) is 0 Å². The summed E-state index contributed by atoms with van der Waals surface area (Å²) >= 11 is 0. The molecule has 2 aromatic carbocycles. The van der Waals surface area contributed by atoms with Crippen molar-refractivity contribution >= 4 is 29.4 Å². The molecule has 2 aromatic rings. The molecule has 1 fully saturated rings. The van der Waals surface area contributed by atoms with Crippen LogP contribution in [0.2, 0.25) is 0 Å². The molecule has 1 heterocycles. The molecule has 30 heavy (non-hydrogen) atoms. The van der Waals surface area contributed by atoms with Gasteiger partial charge in [-0.25, -0.2) is 9.29 Å². The number of carboxylic acids is 1. The van der Waals surface area contributed by atoms with E-state index in [-0.39, 0.29) is 31.5 Å². The van der Waals surface area contributed by atoms with Crippen LogP contribution in [0.3, 0.4) is 0 Å². The molecule has 0 aliphatic carbocycles. The SMILES string of the molecule is O=C(O)CCC(=O)N(CCc1ccccc1)[C@H]1CC(=O)N(c2ccc(F)cc2)C1=O. The summed E-state index contributed by atoms with van der Waals surface area (Å²) in [5.41, 5.74) is 1.18. The first-order valence-electron chi connectivity index (χ1n) is 9.54. The molecule has 0 spiro atoms. The van der Waals surface area contributed by atoms with Gasteiger partial charge < -0.3 is 10.0 Å². The predicted molar refractivity (Wildman–Crippen MR) is 106 cm³/mol. The van der Waals surface area contributed by atoms with E-state index in [1.54, 1.807) is 0 Å². The number of anilines is 1. The van der Waals surface area contributed by atoms with Gasteiger partial charge in [0.15, 0.2) is 0 Å². The molecule has 0 unspecified atom stereocenters. The van der Waals surface area contributed by atoms with Gasteiger partial charge in [-0.2, -0.15) is 0 Å². The summed E-state index contributed by atoms with van der Waals surface area (Å²) in [7, 11) is 0. The number of carbonyl (C=O) groups excluding carboxylic acids is 3. The largest absolute Gasteiger partial charge is 0.481 e. The lowest BCUT2D eigenvalue weighted by atomic mass is 10.1. The zero-order valence-electron chi connectivity index (χ0n) is 16.2. The summed E-state index contributed by atoms with van der Waals surface area (Å²) < 4.78 is 13.2. The topological polar surface area (TPSA) is 95.0 Å². The summed E-state index contributed by atoms with van der Waals surface area (Å²) in [5.74, 6) is -3.19. The highest BCUT2D eigenvalue weighted by atomic mass is 19.1. The van der Waals surface area contributed by atoms with E-state index in [4.69, 9.17) is 5.11 Å². The molecule has 1 aliphatic heterocycles. The number of aliphatic carboxylic acids is 1. The first kappa shape index (κ1) is 21.2. The smallest absolute Gasteiger partial charge is 0.303 e. The third-order valence-electron chi connectivity index (χ3n) is 4.94. The number of rotatable bonds is 8. The van der Waals surface area contributed by atoms with Gasteiger partial charge in [-0.05, 0) is 36.2 Å². The molecule has 7 nitrogen and oxygen atoms in total. The Hall–Kier alpha value is -3.55. The van der Waals surface area contributed by atoms with Crippen molar-refractivity contribution in [2.45, 2.75) is 31.7 Å². The van der Waals surface area contributed by atoms with Crippen molar-refractivity contribution in [1.29, 1.82) is 0 Å². The molecule has 8 heteroatoms. The summed E-state index contributed by atoms with van der Waals surface area (Å²) in [6.07, 6.45) is -0.381. The second kappa shape index (κ2) is 9.30. The fourth-order valence-corrected chi connectivity index (χ4v) is 3.43. The Balaban J connectivity index is 1.81. The maximum Gasteiger partial charge on any atom is 0.303 e. The Morgan fingerprint density at radius 2 is 1.70 bits per heavy atom. The second-order valence-electron chi connectivity index (χ2n) is 6.98. The fourth-order valence-electron chi connectivity index (χ4n) is 3.43. The Morgan fingerprint density at radius 1 is 1.03 bits per heavy atom. The molecule has 156 valence electrons. The Morgan fingerprint density at radius 3 is 2.33 bits per heavy atom. The summed E-state index contributed by atoms with van der Waals surface area (Å²) in [5, 5.41) is 8.89. The molecular formula is C22H21FN2O5. The van der Waals surface area contributed by atoms with Crippen molar-refractivity contribution in [3.63, 3.8) is 0 Å². The van der Waals surface area contributed by atoms with Gasteiger partial charge in [0, 0.05) is 13.0 Å². The number of hydrogen-bond acceptors (Lipinski definition) is 4. The number of carbonyl (C=O) groups is 4. The molecule has 1 saturated heterocycles. The van der Waals surface area contributed by atoms with Gasteiger partial charge in [0.1, 0.15) is 11.9 Å². The van der Waals surface area contributed by atoms with E-state index in [9.17, 15) is 23.6 Å². The minimum atomic E-state index is -1.12. The van der Waals surface area contributed by atoms with Gasteiger partial charge in [0.25, 0.3) is 5.91 Å². The number of nitrogens with zero attached hydrogens (tertiary/aromatic N) is 2. The zero-order chi connectivity index (χ0) is 21.7. The molecule has 1 atom stereocenters. The van der Waals surface area contributed by atoms with E-state index in [1.165, 1.54) is 17.0 Å². The predicted octanol–water partition coefficient (Wildman–Crippen LogP) is 2.39. The summed E-state index contributed by atoms with van der Waals surface area (Å²) in [6.45, 7) is 0.170. The van der Waals surface area contributed by atoms with Crippen LogP contribution < -0.4 is 4.90 Å². The third-order valence-corrected chi connectivity index (χ3v) is 4.94. The van der Waals surface area contributed by atoms with E-state index >= 15 is 0 Å². The van der Waals surface area contributed by atoms with Crippen molar-refractivity contribution in [2.24, 2.45) is 0 Å². The van der Waals surface area contributed by atoms with Crippen LogP contribution in [-0.2, 0) is 25.6 Å². The minimum absolute atomic E-state index is 0.170. The highest BCUT2D eigenvalue weighted by Gasteiger charge is 2.44. The average Bonchev–Trinajstić information content (AvgIpc) is 3.02. The van der Waals surface area contributed by atoms with Gasteiger partial charge in [0.05, 0.1) is 18.5 Å². The molecule has 1 aliphatic rings. The zero-order valence-corrected chi connectivity index (χ0v) is 16.2. The third kappa shape index (κ3) is 4.89. The van der Waals surface area contributed by atoms with Crippen LogP contribution in [0.5, 0.6) is 0 Å². The lowest BCUT2D eigenvalue weighted by Gasteiger charge is -2.27. The quantitative estimate of drug-likeness (QED) is 0.672. The molecule has 1 N–H and O–H groups in total. The monoisotopic (exact) mass is 412 g/mol. The van der Waals surface area contributed by atoms with Crippen LogP contribution in [-0.4, -0.2) is 46.3 Å². The highest BCUT2D eigenvalue weighted by molar-refractivity contribution is 6.23. The van der Waals surface area contributed by atoms with Crippen LogP contribution >= 0.6 is 0 Å². The molecule has 3 rings (SSSR count). The first-order chi connectivity index (χ1) is 14.4. The van der Waals surface area contributed by atoms with E-state index in [1.807, 2.05) is 30.3 Å². The Labute approximate surface area is 172 Å². The van der Waals surface area contributed by atoms with E-state index in [2.05, 4.69) is 0 Å². The van der Waals surface area contributed by atoms with Crippen LogP contribution in [0.25, 0.3) is 0 Å². The van der Waals surface area contributed by atoms with Crippen molar-refractivity contribution < 1.29 is 28.7 Å².